The van der Waals surface area contributed by atoms with Crippen molar-refractivity contribution in [1.82, 2.24) is 10.2 Å². The van der Waals surface area contributed by atoms with Crippen LogP contribution < -0.4 is 11.1 Å². The predicted molar refractivity (Wildman–Crippen MR) is 84.0 cm³/mol. The summed E-state index contributed by atoms with van der Waals surface area (Å²) in [5.41, 5.74) is 5.06. The molecule has 1 aliphatic carbocycles. The van der Waals surface area contributed by atoms with Gasteiger partial charge in [0, 0.05) is 19.8 Å². The van der Waals surface area contributed by atoms with Gasteiger partial charge in [0.15, 0.2) is 0 Å². The molecule has 1 amide bonds. The molecule has 122 valence electrons. The Hall–Kier alpha value is -0.650. The lowest BCUT2D eigenvalue weighted by molar-refractivity contribution is -0.124. The Bertz CT molecular complexity index is 338. The molecule has 1 heterocycles. The molecule has 0 bridgehead atoms. The van der Waals surface area contributed by atoms with Gasteiger partial charge in [0.1, 0.15) is 0 Å². The van der Waals surface area contributed by atoms with E-state index in [4.69, 9.17) is 10.5 Å². The molecule has 5 heteroatoms. The second-order valence-corrected chi connectivity index (χ2v) is 6.96. The molecule has 2 fully saturated rings. The van der Waals surface area contributed by atoms with Gasteiger partial charge in [-0.2, -0.15) is 0 Å². The molecule has 0 radical (unpaired) electrons. The molecule has 1 saturated carbocycles. The van der Waals surface area contributed by atoms with E-state index in [1.54, 1.807) is 7.11 Å². The number of likely N-dealkylation sites (tertiary alicyclic amines) is 1. The first kappa shape index (κ1) is 16.7. The Morgan fingerprint density at radius 2 is 2.00 bits per heavy atom. The van der Waals surface area contributed by atoms with E-state index in [2.05, 4.69) is 10.2 Å². The number of ether oxygens (including phenoxy) is 1. The van der Waals surface area contributed by atoms with Gasteiger partial charge in [0.05, 0.1) is 5.54 Å². The highest BCUT2D eigenvalue weighted by molar-refractivity contribution is 5.84. The number of nitrogens with two attached hydrogens (primary N) is 1. The molecule has 0 aromatic rings. The fourth-order valence-electron chi connectivity index (χ4n) is 3.21. The van der Waals surface area contributed by atoms with Crippen LogP contribution in [0.15, 0.2) is 0 Å². The Kier molecular flexibility index (Phi) is 6.02. The van der Waals surface area contributed by atoms with Crippen molar-refractivity contribution >= 4 is 5.91 Å². The van der Waals surface area contributed by atoms with Crippen LogP contribution in [0.3, 0.4) is 0 Å². The van der Waals surface area contributed by atoms with Crippen LogP contribution in [0.2, 0.25) is 0 Å². The van der Waals surface area contributed by atoms with Crippen LogP contribution >= 0.6 is 0 Å². The molecule has 1 aliphatic heterocycles. The van der Waals surface area contributed by atoms with E-state index in [9.17, 15) is 4.79 Å². The maximum absolute atomic E-state index is 11.7. The molecular formula is C16H31N3O2. The summed E-state index contributed by atoms with van der Waals surface area (Å²) < 4.78 is 5.23. The van der Waals surface area contributed by atoms with Gasteiger partial charge >= 0.3 is 0 Å². The largest absolute Gasteiger partial charge is 0.384 e. The van der Waals surface area contributed by atoms with Gasteiger partial charge in [-0.15, -0.1) is 0 Å². The van der Waals surface area contributed by atoms with Crippen molar-refractivity contribution in [2.45, 2.75) is 57.0 Å². The second kappa shape index (κ2) is 7.56. The van der Waals surface area contributed by atoms with Crippen LogP contribution in [-0.2, 0) is 9.53 Å². The number of carbonyl (C=O) groups is 1. The third-order valence-electron chi connectivity index (χ3n) is 4.90. The van der Waals surface area contributed by atoms with Gasteiger partial charge in [-0.1, -0.05) is 0 Å². The van der Waals surface area contributed by atoms with Crippen LogP contribution in [0.25, 0.3) is 0 Å². The summed E-state index contributed by atoms with van der Waals surface area (Å²) in [4.78, 5) is 14.2. The summed E-state index contributed by atoms with van der Waals surface area (Å²) in [5.74, 6) is 0.506. The topological polar surface area (TPSA) is 67.6 Å². The zero-order valence-corrected chi connectivity index (χ0v) is 13.6. The summed E-state index contributed by atoms with van der Waals surface area (Å²) in [7, 11) is 1.78. The zero-order valence-electron chi connectivity index (χ0n) is 13.6. The average molecular weight is 297 g/mol. The molecule has 1 unspecified atom stereocenters. The zero-order chi connectivity index (χ0) is 15.3. The first-order chi connectivity index (χ1) is 10.0. The van der Waals surface area contributed by atoms with E-state index in [1.807, 2.05) is 6.92 Å². The van der Waals surface area contributed by atoms with Crippen molar-refractivity contribution in [2.75, 3.05) is 33.4 Å². The smallest absolute Gasteiger partial charge is 0.237 e. The number of hydrogen-bond donors (Lipinski definition) is 2. The SMILES string of the molecule is COCC1CCN(CCCC(C)(NC2CC2)C(N)=O)CC1. The third-order valence-corrected chi connectivity index (χ3v) is 4.90. The number of hydrogen-bond acceptors (Lipinski definition) is 4. The molecule has 2 rings (SSSR count). The number of rotatable bonds is 9. The summed E-state index contributed by atoms with van der Waals surface area (Å²) in [6.07, 6.45) is 6.65. The molecule has 21 heavy (non-hydrogen) atoms. The minimum absolute atomic E-state index is 0.215. The molecular weight excluding hydrogens is 266 g/mol. The van der Waals surface area contributed by atoms with Gasteiger partial charge < -0.3 is 20.7 Å². The minimum Gasteiger partial charge on any atom is -0.384 e. The lowest BCUT2D eigenvalue weighted by Crippen LogP contribution is -2.54. The Morgan fingerprint density at radius 3 is 2.52 bits per heavy atom. The molecule has 0 aromatic heterocycles. The van der Waals surface area contributed by atoms with Crippen molar-refractivity contribution in [3.63, 3.8) is 0 Å². The van der Waals surface area contributed by atoms with Gasteiger partial charge in [0.25, 0.3) is 0 Å². The van der Waals surface area contributed by atoms with E-state index in [-0.39, 0.29) is 5.91 Å². The van der Waals surface area contributed by atoms with Crippen molar-refractivity contribution in [3.05, 3.63) is 0 Å². The van der Waals surface area contributed by atoms with Crippen molar-refractivity contribution in [2.24, 2.45) is 11.7 Å². The normalized spacial score (nSPS) is 23.9. The average Bonchev–Trinajstić information content (AvgIpc) is 3.25. The fourth-order valence-corrected chi connectivity index (χ4v) is 3.21. The summed E-state index contributed by atoms with van der Waals surface area (Å²) in [6, 6.07) is 0.507. The molecule has 0 spiro atoms. The quantitative estimate of drug-likeness (QED) is 0.669. The van der Waals surface area contributed by atoms with E-state index in [0.29, 0.717) is 6.04 Å². The summed E-state index contributed by atoms with van der Waals surface area (Å²) >= 11 is 0. The molecule has 2 aliphatic rings. The van der Waals surface area contributed by atoms with E-state index < -0.39 is 5.54 Å². The Balaban J connectivity index is 1.67. The lowest BCUT2D eigenvalue weighted by Gasteiger charge is -2.33. The highest BCUT2D eigenvalue weighted by Gasteiger charge is 2.36. The van der Waals surface area contributed by atoms with Crippen LogP contribution in [0, 0.1) is 5.92 Å². The number of methoxy groups -OCH3 is 1. The maximum Gasteiger partial charge on any atom is 0.237 e. The summed E-state index contributed by atoms with van der Waals surface area (Å²) in [6.45, 7) is 6.21. The molecule has 1 atom stereocenters. The van der Waals surface area contributed by atoms with Crippen molar-refractivity contribution < 1.29 is 9.53 Å². The highest BCUT2D eigenvalue weighted by Crippen LogP contribution is 2.25. The van der Waals surface area contributed by atoms with Crippen LogP contribution in [-0.4, -0.2) is 55.7 Å². The van der Waals surface area contributed by atoms with Gasteiger partial charge in [0.2, 0.25) is 5.91 Å². The predicted octanol–water partition coefficient (Wildman–Crippen LogP) is 1.12. The lowest BCUT2D eigenvalue weighted by atomic mass is 9.93. The van der Waals surface area contributed by atoms with Gasteiger partial charge in [-0.25, -0.2) is 0 Å². The van der Waals surface area contributed by atoms with Crippen LogP contribution in [0.1, 0.15) is 45.4 Å². The number of carbonyl (C=O) groups excluding carboxylic acids is 1. The number of primary amides is 1. The van der Waals surface area contributed by atoms with Crippen molar-refractivity contribution in [3.8, 4) is 0 Å². The number of amides is 1. The highest BCUT2D eigenvalue weighted by atomic mass is 16.5. The summed E-state index contributed by atoms with van der Waals surface area (Å²) in [5, 5.41) is 3.42. The number of piperidine rings is 1. The molecule has 0 aromatic carbocycles. The maximum atomic E-state index is 11.7. The first-order valence-corrected chi connectivity index (χ1v) is 8.32. The standard InChI is InChI=1S/C16H31N3O2/c1-16(15(17)20,18-14-4-5-14)8-3-9-19-10-6-13(7-11-19)12-21-2/h13-14,18H,3-12H2,1-2H3,(H2,17,20). The molecule has 5 nitrogen and oxygen atoms in total. The Labute approximate surface area is 128 Å². The second-order valence-electron chi connectivity index (χ2n) is 6.96. The first-order valence-electron chi connectivity index (χ1n) is 8.32. The van der Waals surface area contributed by atoms with E-state index >= 15 is 0 Å². The van der Waals surface area contributed by atoms with Gasteiger partial charge in [-0.05, 0) is 71.0 Å². The molecule has 3 N–H and O–H groups in total. The third kappa shape index (κ3) is 5.24. The fraction of sp³-hybridized carbons (Fsp3) is 0.938. The van der Waals surface area contributed by atoms with E-state index in [1.165, 1.54) is 25.7 Å². The molecule has 1 saturated heterocycles. The van der Waals surface area contributed by atoms with Crippen LogP contribution in [0.5, 0.6) is 0 Å². The van der Waals surface area contributed by atoms with E-state index in [0.717, 1.165) is 45.0 Å². The number of nitrogens with one attached hydrogen (secondary N) is 1. The minimum atomic E-state index is -0.532. The van der Waals surface area contributed by atoms with Crippen LogP contribution in [0.4, 0.5) is 0 Å². The Morgan fingerprint density at radius 1 is 1.33 bits per heavy atom. The van der Waals surface area contributed by atoms with Gasteiger partial charge in [-0.3, -0.25) is 4.79 Å². The number of nitrogens with zero attached hydrogens (tertiary/aromatic N) is 1. The van der Waals surface area contributed by atoms with Crippen molar-refractivity contribution in [1.29, 1.82) is 0 Å². The monoisotopic (exact) mass is 297 g/mol.